The van der Waals surface area contributed by atoms with E-state index in [0.717, 1.165) is 11.0 Å². The molecule has 6 heteroatoms. The monoisotopic (exact) mass is 246 g/mol. The molecule has 0 bridgehead atoms. The average Bonchev–Trinajstić information content (AvgIpc) is 2.80. The van der Waals surface area contributed by atoms with Crippen LogP contribution < -0.4 is 0 Å². The van der Waals surface area contributed by atoms with Crippen molar-refractivity contribution in [1.29, 1.82) is 0 Å². The topological polar surface area (TPSA) is 80.4 Å². The quantitative estimate of drug-likeness (QED) is 0.503. The smallest absolute Gasteiger partial charge is 0.184 e. The molecule has 1 N–H and O–H groups in total. The van der Waals surface area contributed by atoms with Crippen LogP contribution in [0.2, 0.25) is 0 Å². The number of carbonyl (C=O) groups is 1. The Hall–Kier alpha value is -2.24. The number of fused-ring (bicyclic) bond motifs is 1. The van der Waals surface area contributed by atoms with Crippen molar-refractivity contribution in [2.45, 2.75) is 20.4 Å². The molecular formula is C12H14N4O2. The number of aromatic nitrogens is 3. The van der Waals surface area contributed by atoms with E-state index in [1.165, 1.54) is 6.92 Å². The van der Waals surface area contributed by atoms with Crippen LogP contribution in [-0.2, 0) is 11.3 Å². The number of ketones is 1. The van der Waals surface area contributed by atoms with E-state index in [-0.39, 0.29) is 17.4 Å². The van der Waals surface area contributed by atoms with Crippen molar-refractivity contribution in [2.24, 2.45) is 11.1 Å². The van der Waals surface area contributed by atoms with E-state index in [2.05, 4.69) is 15.5 Å². The molecule has 0 aliphatic carbocycles. The largest absolute Gasteiger partial charge is 0.411 e. The maximum Gasteiger partial charge on any atom is 0.184 e. The molecule has 6 nitrogen and oxygen atoms in total. The lowest BCUT2D eigenvalue weighted by Gasteiger charge is -2.09. The highest BCUT2D eigenvalue weighted by Crippen LogP contribution is 2.12. The fraction of sp³-hybridized carbons (Fsp3) is 0.333. The molecule has 1 heterocycles. The van der Waals surface area contributed by atoms with Gasteiger partial charge in [0.1, 0.15) is 11.2 Å². The molecule has 0 radical (unpaired) electrons. The summed E-state index contributed by atoms with van der Waals surface area (Å²) in [7, 11) is 0. The average molecular weight is 246 g/mol. The first-order valence-corrected chi connectivity index (χ1v) is 5.64. The first-order chi connectivity index (χ1) is 8.63. The molecule has 1 unspecified atom stereocenters. The van der Waals surface area contributed by atoms with Gasteiger partial charge in [-0.25, -0.2) is 4.68 Å². The number of para-hydroxylation sites is 1. The molecule has 1 aromatic heterocycles. The van der Waals surface area contributed by atoms with Gasteiger partial charge >= 0.3 is 0 Å². The molecule has 0 aliphatic heterocycles. The highest BCUT2D eigenvalue weighted by atomic mass is 16.4. The molecule has 0 saturated carbocycles. The second kappa shape index (κ2) is 4.95. The fourth-order valence-electron chi connectivity index (χ4n) is 1.80. The fourth-order valence-corrected chi connectivity index (χ4v) is 1.80. The predicted octanol–water partition coefficient (Wildman–Crippen LogP) is 1.49. The van der Waals surface area contributed by atoms with Gasteiger partial charge in [0, 0.05) is 5.92 Å². The summed E-state index contributed by atoms with van der Waals surface area (Å²) >= 11 is 0. The van der Waals surface area contributed by atoms with Crippen molar-refractivity contribution >= 4 is 22.5 Å². The molecule has 1 atom stereocenters. The number of hydrogen-bond acceptors (Lipinski definition) is 5. The van der Waals surface area contributed by atoms with Gasteiger partial charge in [-0.1, -0.05) is 29.4 Å². The van der Waals surface area contributed by atoms with E-state index in [0.29, 0.717) is 6.54 Å². The van der Waals surface area contributed by atoms with Gasteiger partial charge in [-0.3, -0.25) is 4.79 Å². The summed E-state index contributed by atoms with van der Waals surface area (Å²) < 4.78 is 1.68. The van der Waals surface area contributed by atoms with Crippen LogP contribution >= 0.6 is 0 Å². The Balaban J connectivity index is 2.22. The zero-order chi connectivity index (χ0) is 13.1. The van der Waals surface area contributed by atoms with Crippen LogP contribution in [0.25, 0.3) is 11.0 Å². The van der Waals surface area contributed by atoms with E-state index in [9.17, 15) is 4.79 Å². The Kier molecular flexibility index (Phi) is 3.36. The third-order valence-corrected chi connectivity index (χ3v) is 2.82. The van der Waals surface area contributed by atoms with E-state index in [1.54, 1.807) is 11.6 Å². The van der Waals surface area contributed by atoms with E-state index >= 15 is 0 Å². The maximum atomic E-state index is 11.8. The molecule has 0 spiro atoms. The first kappa shape index (κ1) is 12.2. The van der Waals surface area contributed by atoms with Crippen molar-refractivity contribution in [1.82, 2.24) is 15.0 Å². The zero-order valence-corrected chi connectivity index (χ0v) is 10.2. The van der Waals surface area contributed by atoms with Crippen LogP contribution in [0.1, 0.15) is 13.8 Å². The van der Waals surface area contributed by atoms with Gasteiger partial charge < -0.3 is 5.21 Å². The SMILES string of the molecule is C/C(=N\O)C(=O)C(C)Cn1nnc2ccccc21. The number of rotatable bonds is 4. The molecule has 1 aromatic carbocycles. The third-order valence-electron chi connectivity index (χ3n) is 2.82. The Bertz CT molecular complexity index is 603. The summed E-state index contributed by atoms with van der Waals surface area (Å²) in [6.07, 6.45) is 0. The number of oxime groups is 1. The minimum absolute atomic E-state index is 0.104. The molecule has 2 aromatic rings. The lowest BCUT2D eigenvalue weighted by molar-refractivity contribution is -0.116. The van der Waals surface area contributed by atoms with Crippen molar-refractivity contribution in [3.63, 3.8) is 0 Å². The molecule has 94 valence electrons. The molecule has 2 rings (SSSR count). The van der Waals surface area contributed by atoms with Crippen molar-refractivity contribution < 1.29 is 10.0 Å². The number of Topliss-reactive ketones (excluding diaryl/α,β-unsaturated/α-hetero) is 1. The van der Waals surface area contributed by atoms with Crippen molar-refractivity contribution in [3.05, 3.63) is 24.3 Å². The third kappa shape index (κ3) is 2.22. The van der Waals surface area contributed by atoms with Gasteiger partial charge in [0.05, 0.1) is 12.1 Å². The minimum Gasteiger partial charge on any atom is -0.411 e. The summed E-state index contributed by atoms with van der Waals surface area (Å²) in [6, 6.07) is 7.55. The second-order valence-corrected chi connectivity index (χ2v) is 4.21. The van der Waals surface area contributed by atoms with Crippen LogP contribution in [0.4, 0.5) is 0 Å². The van der Waals surface area contributed by atoms with Gasteiger partial charge in [0.15, 0.2) is 5.78 Å². The summed E-state index contributed by atoms with van der Waals surface area (Å²) in [6.45, 7) is 3.66. The van der Waals surface area contributed by atoms with Crippen molar-refractivity contribution in [3.8, 4) is 0 Å². The lowest BCUT2D eigenvalue weighted by Crippen LogP contribution is -2.24. The second-order valence-electron chi connectivity index (χ2n) is 4.21. The van der Waals surface area contributed by atoms with Gasteiger partial charge in [0.2, 0.25) is 0 Å². The van der Waals surface area contributed by atoms with E-state index in [4.69, 9.17) is 5.21 Å². The van der Waals surface area contributed by atoms with Gasteiger partial charge in [-0.05, 0) is 19.1 Å². The van der Waals surface area contributed by atoms with E-state index < -0.39 is 0 Å². The standard InChI is InChI=1S/C12H14N4O2/c1-8(12(17)9(2)14-18)7-16-11-6-4-3-5-10(11)13-15-16/h3-6,8,18H,7H2,1-2H3/b14-9+. The van der Waals surface area contributed by atoms with E-state index in [1.807, 2.05) is 24.3 Å². The summed E-state index contributed by atoms with van der Waals surface area (Å²) in [5, 5.41) is 19.5. The van der Waals surface area contributed by atoms with Gasteiger partial charge in [-0.2, -0.15) is 0 Å². The van der Waals surface area contributed by atoms with Crippen LogP contribution in [-0.4, -0.2) is 31.7 Å². The van der Waals surface area contributed by atoms with Crippen molar-refractivity contribution in [2.75, 3.05) is 0 Å². The Morgan fingerprint density at radius 3 is 2.94 bits per heavy atom. The molecule has 0 aliphatic rings. The number of nitrogens with zero attached hydrogens (tertiary/aromatic N) is 4. The predicted molar refractivity (Wildman–Crippen MR) is 66.6 cm³/mol. The van der Waals surface area contributed by atoms with Crippen LogP contribution in [0, 0.1) is 5.92 Å². The highest BCUT2D eigenvalue weighted by Gasteiger charge is 2.18. The molecular weight excluding hydrogens is 232 g/mol. The summed E-state index contributed by atoms with van der Waals surface area (Å²) in [5.41, 5.74) is 1.78. The van der Waals surface area contributed by atoms with Gasteiger partial charge in [-0.15, -0.1) is 5.10 Å². The lowest BCUT2D eigenvalue weighted by atomic mass is 10.0. The number of hydrogen-bond donors (Lipinski definition) is 1. The summed E-state index contributed by atoms with van der Waals surface area (Å²) in [5.74, 6) is -0.511. The Morgan fingerprint density at radius 1 is 1.50 bits per heavy atom. The Labute approximate surface area is 104 Å². The van der Waals surface area contributed by atoms with Crippen LogP contribution in [0.3, 0.4) is 0 Å². The molecule has 0 fully saturated rings. The first-order valence-electron chi connectivity index (χ1n) is 5.64. The summed E-state index contributed by atoms with van der Waals surface area (Å²) in [4.78, 5) is 11.8. The minimum atomic E-state index is -0.314. The molecule has 18 heavy (non-hydrogen) atoms. The van der Waals surface area contributed by atoms with Crippen LogP contribution in [0.5, 0.6) is 0 Å². The molecule has 0 amide bonds. The van der Waals surface area contributed by atoms with Crippen LogP contribution in [0.15, 0.2) is 29.4 Å². The normalized spacial score (nSPS) is 13.8. The maximum absolute atomic E-state index is 11.8. The highest BCUT2D eigenvalue weighted by molar-refractivity contribution is 6.39. The zero-order valence-electron chi connectivity index (χ0n) is 10.2. The van der Waals surface area contributed by atoms with Gasteiger partial charge in [0.25, 0.3) is 0 Å². The number of carbonyl (C=O) groups excluding carboxylic acids is 1. The molecule has 0 saturated heterocycles. The number of benzene rings is 1. The Morgan fingerprint density at radius 2 is 2.22 bits per heavy atom.